The molecule has 13 nitrogen and oxygen atoms in total. The largest absolute Gasteiger partial charge is 0.381 e. The van der Waals surface area contributed by atoms with Crippen LogP contribution in [0.3, 0.4) is 0 Å². The van der Waals surface area contributed by atoms with Crippen LogP contribution < -0.4 is 47.9 Å². The van der Waals surface area contributed by atoms with E-state index in [2.05, 4.69) is 47.9 Å². The van der Waals surface area contributed by atoms with Crippen molar-refractivity contribution in [1.82, 2.24) is 47.9 Å². The average molecular weight is 722 g/mol. The van der Waals surface area contributed by atoms with Gasteiger partial charge < -0.3 is 61.5 Å². The zero-order valence-electron chi connectivity index (χ0n) is 31.3. The third kappa shape index (κ3) is 42.1. The number of hydrogen-bond donors (Lipinski definition) is 9. The molecule has 0 saturated carbocycles. The van der Waals surface area contributed by atoms with Gasteiger partial charge in [0.1, 0.15) is 0 Å². The minimum Gasteiger partial charge on any atom is -0.381 e. The first-order chi connectivity index (χ1) is 24.5. The van der Waals surface area contributed by atoms with Crippen molar-refractivity contribution < 1.29 is 18.9 Å². The van der Waals surface area contributed by atoms with Gasteiger partial charge in [0.25, 0.3) is 0 Å². The summed E-state index contributed by atoms with van der Waals surface area (Å²) in [5, 5.41) is 28.5. The number of thioether (sulfide) groups is 1. The van der Waals surface area contributed by atoms with Crippen molar-refractivity contribution in [2.45, 2.75) is 64.2 Å². The normalized spacial score (nSPS) is 24.0. The topological polar surface area (TPSA) is 145 Å². The SMILES string of the molecule is C1CCNC1.C1CCNCC1.C1CCOC1.C1CCOCC1.C1CNCCN1.C1CNCN1.C1COCCN1.C1COCN1.C1CSCN1. The Labute approximate surface area is 305 Å². The molecule has 9 rings (SSSR count). The summed E-state index contributed by atoms with van der Waals surface area (Å²) in [6.07, 6.45) is 13.5. The van der Waals surface area contributed by atoms with Gasteiger partial charge in [-0.1, -0.05) is 6.42 Å². The number of ether oxygens (including phenoxy) is 4. The van der Waals surface area contributed by atoms with Crippen LogP contribution in [0.15, 0.2) is 0 Å². The maximum Gasteiger partial charge on any atom is 0.0966 e. The molecule has 0 aromatic heterocycles. The molecule has 9 aliphatic heterocycles. The van der Waals surface area contributed by atoms with Gasteiger partial charge in [-0.25, -0.2) is 0 Å². The fraction of sp³-hybridized carbons (Fsp3) is 1.00. The average Bonchev–Trinajstić information content (AvgIpc) is 4.08. The van der Waals surface area contributed by atoms with Gasteiger partial charge in [-0.3, -0.25) is 5.32 Å². The fourth-order valence-corrected chi connectivity index (χ4v) is 5.63. The van der Waals surface area contributed by atoms with Crippen molar-refractivity contribution in [1.29, 1.82) is 0 Å². The van der Waals surface area contributed by atoms with Gasteiger partial charge in [0.05, 0.1) is 26.6 Å². The van der Waals surface area contributed by atoms with Crippen LogP contribution in [0.25, 0.3) is 0 Å². The minimum atomic E-state index is 0.750. The standard InChI is InChI=1S/C5H11N.C5H10O.C4H10N2.C4H9NO.C4H9N.C4H8O.C3H8N2.C3H7NO.C3H7NS/c2*1-2-4-6-5-3-1;1-2-6-4-3-5-1;1-3-6-4-2-5-1;2*1-2-4-5-3-1;3*1-2-5-3-4-1/h6H,1-5H2;1-5H2;5-6H,1-4H2;5H,1-4H2;5H,1-4H2;1-4H2;4-5H,1-3H2;2*4H,1-3H2. The summed E-state index contributed by atoms with van der Waals surface area (Å²) in [5.41, 5.74) is 0. The van der Waals surface area contributed by atoms with Gasteiger partial charge in [-0.2, -0.15) is 0 Å². The Hall–Kier alpha value is -0.170. The van der Waals surface area contributed by atoms with E-state index in [-0.39, 0.29) is 0 Å². The molecule has 0 aliphatic carbocycles. The van der Waals surface area contributed by atoms with E-state index in [1.165, 1.54) is 109 Å². The lowest BCUT2D eigenvalue weighted by Crippen LogP contribution is -2.39. The summed E-state index contributed by atoms with van der Waals surface area (Å²) in [7, 11) is 0. The van der Waals surface area contributed by atoms with Crippen molar-refractivity contribution in [2.75, 3.05) is 163 Å². The van der Waals surface area contributed by atoms with Crippen molar-refractivity contribution >= 4 is 11.8 Å². The minimum absolute atomic E-state index is 0.750. The van der Waals surface area contributed by atoms with Crippen LogP contribution in [0.1, 0.15) is 64.2 Å². The van der Waals surface area contributed by atoms with Gasteiger partial charge in [0.15, 0.2) is 0 Å². The second kappa shape index (κ2) is 44.0. The van der Waals surface area contributed by atoms with Crippen LogP contribution in [-0.4, -0.2) is 163 Å². The Morgan fingerprint density at radius 1 is 0.286 bits per heavy atom. The number of nitrogens with one attached hydrogen (secondary N) is 9. The maximum atomic E-state index is 5.07. The maximum absolute atomic E-state index is 5.07. The van der Waals surface area contributed by atoms with Crippen molar-refractivity contribution in [3.05, 3.63) is 0 Å². The predicted octanol–water partition coefficient (Wildman–Crippen LogP) is 0.880. The van der Waals surface area contributed by atoms with Gasteiger partial charge in [0, 0.05) is 110 Å². The third-order valence-electron chi connectivity index (χ3n) is 7.86. The van der Waals surface area contributed by atoms with Gasteiger partial charge in [0.2, 0.25) is 0 Å². The number of piperazine rings is 1. The van der Waals surface area contributed by atoms with Crippen LogP contribution >= 0.6 is 11.8 Å². The number of piperidine rings is 1. The molecule has 9 N–H and O–H groups in total. The van der Waals surface area contributed by atoms with Crippen LogP contribution in [0, 0.1) is 0 Å². The van der Waals surface area contributed by atoms with Crippen molar-refractivity contribution in [3.8, 4) is 0 Å². The van der Waals surface area contributed by atoms with E-state index >= 15 is 0 Å². The summed E-state index contributed by atoms with van der Waals surface area (Å²) in [4.78, 5) is 0. The van der Waals surface area contributed by atoms with Crippen molar-refractivity contribution in [2.24, 2.45) is 0 Å². The molecule has 49 heavy (non-hydrogen) atoms. The molecule has 294 valence electrons. The van der Waals surface area contributed by atoms with Crippen molar-refractivity contribution in [3.63, 3.8) is 0 Å². The summed E-state index contributed by atoms with van der Waals surface area (Å²) in [6.45, 7) is 24.5. The summed E-state index contributed by atoms with van der Waals surface area (Å²) in [5.74, 6) is 2.47. The van der Waals surface area contributed by atoms with Gasteiger partial charge in [-0.05, 0) is 84.0 Å². The Morgan fingerprint density at radius 2 is 0.694 bits per heavy atom. The highest BCUT2D eigenvalue weighted by Gasteiger charge is 1.97. The Balaban J connectivity index is 0.000000276. The van der Waals surface area contributed by atoms with E-state index in [0.29, 0.717) is 0 Å². The monoisotopic (exact) mass is 722 g/mol. The molecule has 9 heterocycles. The molecule has 0 amide bonds. The highest BCUT2D eigenvalue weighted by atomic mass is 32.2. The van der Waals surface area contributed by atoms with E-state index < -0.39 is 0 Å². The zero-order valence-corrected chi connectivity index (χ0v) is 32.1. The van der Waals surface area contributed by atoms with Gasteiger partial charge >= 0.3 is 0 Å². The second-order valence-electron chi connectivity index (χ2n) is 12.4. The first-order valence-corrected chi connectivity index (χ1v) is 20.9. The molecule has 9 aliphatic rings. The van der Waals surface area contributed by atoms with Crippen LogP contribution in [0.5, 0.6) is 0 Å². The fourth-order valence-electron chi connectivity index (χ4n) is 4.91. The Kier molecular flexibility index (Phi) is 42.1. The molecule has 0 aromatic carbocycles. The molecule has 0 atom stereocenters. The first-order valence-electron chi connectivity index (χ1n) is 19.8. The summed E-state index contributed by atoms with van der Waals surface area (Å²) in [6, 6.07) is 0. The Bertz CT molecular complexity index is 383. The highest BCUT2D eigenvalue weighted by Crippen LogP contribution is 2.02. The quantitative estimate of drug-likeness (QED) is 0.175. The summed E-state index contributed by atoms with van der Waals surface area (Å²) >= 11 is 1.96. The molecule has 9 fully saturated rings. The van der Waals surface area contributed by atoms with Crippen LogP contribution in [-0.2, 0) is 18.9 Å². The first kappa shape index (κ1) is 46.9. The number of rotatable bonds is 0. The van der Waals surface area contributed by atoms with Crippen LogP contribution in [0.2, 0.25) is 0 Å². The zero-order chi connectivity index (χ0) is 34.6. The second-order valence-corrected chi connectivity index (χ2v) is 13.5. The molecular weight excluding hydrogens is 643 g/mol. The number of hydrogen-bond acceptors (Lipinski definition) is 14. The van der Waals surface area contributed by atoms with E-state index in [0.717, 1.165) is 119 Å². The highest BCUT2D eigenvalue weighted by molar-refractivity contribution is 7.99. The van der Waals surface area contributed by atoms with E-state index in [9.17, 15) is 0 Å². The summed E-state index contributed by atoms with van der Waals surface area (Å²) < 4.78 is 19.9. The molecule has 0 radical (unpaired) electrons. The molecule has 0 spiro atoms. The lowest BCUT2D eigenvalue weighted by Gasteiger charge is -2.11. The van der Waals surface area contributed by atoms with E-state index in [1.54, 1.807) is 0 Å². The molecular formula is C35H79N9O4S. The molecule has 9 saturated heterocycles. The van der Waals surface area contributed by atoms with Gasteiger partial charge in [-0.15, -0.1) is 11.8 Å². The lowest BCUT2D eigenvalue weighted by molar-refractivity contribution is 0.0968. The Morgan fingerprint density at radius 3 is 0.878 bits per heavy atom. The van der Waals surface area contributed by atoms with E-state index in [4.69, 9.17) is 18.9 Å². The molecule has 0 bridgehead atoms. The third-order valence-corrected chi connectivity index (χ3v) is 8.76. The molecule has 14 heteroatoms. The lowest BCUT2D eigenvalue weighted by atomic mass is 10.2. The van der Waals surface area contributed by atoms with E-state index in [1.807, 2.05) is 11.8 Å². The smallest absolute Gasteiger partial charge is 0.0966 e. The van der Waals surface area contributed by atoms with Crippen LogP contribution in [0.4, 0.5) is 0 Å². The molecule has 0 unspecified atom stereocenters. The molecule has 0 aromatic rings. The predicted molar refractivity (Wildman–Crippen MR) is 208 cm³/mol. The number of morpholine rings is 1.